The van der Waals surface area contributed by atoms with Crippen molar-refractivity contribution in [3.05, 3.63) is 131 Å². The molecule has 1 amide bonds. The van der Waals surface area contributed by atoms with Crippen molar-refractivity contribution >= 4 is 17.2 Å². The van der Waals surface area contributed by atoms with E-state index in [1.165, 1.54) is 12.1 Å². The maximum Gasteiger partial charge on any atom is 0.245 e. The third-order valence-electron chi connectivity index (χ3n) is 6.71. The third-order valence-corrected chi connectivity index (χ3v) is 6.71. The van der Waals surface area contributed by atoms with Crippen molar-refractivity contribution in [3.8, 4) is 11.5 Å². The van der Waals surface area contributed by atoms with Gasteiger partial charge in [-0.15, -0.1) is 5.48 Å². The van der Waals surface area contributed by atoms with E-state index in [1.807, 2.05) is 79.7 Å². The highest BCUT2D eigenvalue weighted by molar-refractivity contribution is 6.08. The Morgan fingerprint density at radius 1 is 0.872 bits per heavy atom. The number of carbonyl (C=O) groups is 1. The number of rotatable bonds is 9. The summed E-state index contributed by atoms with van der Waals surface area (Å²) in [5.41, 5.74) is 11.8. The van der Waals surface area contributed by atoms with Crippen molar-refractivity contribution in [2.24, 2.45) is 5.73 Å². The predicted octanol–water partition coefficient (Wildman–Crippen LogP) is 5.94. The summed E-state index contributed by atoms with van der Waals surface area (Å²) in [6.45, 7) is 4.25. The summed E-state index contributed by atoms with van der Waals surface area (Å²) in [5, 5.41) is 0. The zero-order valence-electron chi connectivity index (χ0n) is 21.7. The van der Waals surface area contributed by atoms with Crippen LogP contribution in [0.5, 0.6) is 11.5 Å². The standard InChI is InChI=1S/C32H29FN2O4/c1-21-17-26(30-29(24-13-15-25(33)16-14-24)32(2,31(34)36)35-39-30)28(38-20-23-11-7-4-8-12-23)18-27(21)37-19-22-9-5-3-6-10-22/h3-18,35H,19-20H2,1-2H3,(H2,34,36). The van der Waals surface area contributed by atoms with Gasteiger partial charge in [-0.2, -0.15) is 0 Å². The molecule has 0 aliphatic carbocycles. The van der Waals surface area contributed by atoms with Crippen LogP contribution in [0.15, 0.2) is 97.1 Å². The minimum absolute atomic E-state index is 0.300. The number of carbonyl (C=O) groups excluding carboxylic acids is 1. The van der Waals surface area contributed by atoms with Gasteiger partial charge < -0.3 is 20.0 Å². The second-order valence-electron chi connectivity index (χ2n) is 9.57. The number of ether oxygens (including phenoxy) is 2. The van der Waals surface area contributed by atoms with Crippen molar-refractivity contribution in [1.29, 1.82) is 0 Å². The van der Waals surface area contributed by atoms with E-state index in [-0.39, 0.29) is 0 Å². The third kappa shape index (κ3) is 5.49. The highest BCUT2D eigenvalue weighted by Gasteiger charge is 2.46. The van der Waals surface area contributed by atoms with E-state index in [0.717, 1.165) is 16.7 Å². The number of primary amides is 1. The molecule has 0 aromatic heterocycles. The molecule has 1 heterocycles. The Hall–Kier alpha value is -4.62. The molecular weight excluding hydrogens is 495 g/mol. The van der Waals surface area contributed by atoms with E-state index >= 15 is 0 Å². The Bertz CT molecular complexity index is 1500. The van der Waals surface area contributed by atoms with Crippen molar-refractivity contribution in [2.45, 2.75) is 32.6 Å². The summed E-state index contributed by atoms with van der Waals surface area (Å²) < 4.78 is 26.3. The van der Waals surface area contributed by atoms with Crippen molar-refractivity contribution in [3.63, 3.8) is 0 Å². The highest BCUT2D eigenvalue weighted by Crippen LogP contribution is 2.44. The first-order valence-electron chi connectivity index (χ1n) is 12.6. The molecule has 0 saturated carbocycles. The smallest absolute Gasteiger partial charge is 0.245 e. The largest absolute Gasteiger partial charge is 0.488 e. The van der Waals surface area contributed by atoms with Gasteiger partial charge in [0.1, 0.15) is 30.5 Å². The van der Waals surface area contributed by atoms with Crippen molar-refractivity contribution < 1.29 is 23.5 Å². The fourth-order valence-corrected chi connectivity index (χ4v) is 4.47. The topological polar surface area (TPSA) is 82.8 Å². The molecule has 39 heavy (non-hydrogen) atoms. The van der Waals surface area contributed by atoms with Crippen molar-refractivity contribution in [2.75, 3.05) is 0 Å². The lowest BCUT2D eigenvalue weighted by atomic mass is 9.84. The van der Waals surface area contributed by atoms with E-state index in [4.69, 9.17) is 20.0 Å². The zero-order chi connectivity index (χ0) is 27.4. The molecule has 3 N–H and O–H groups in total. The molecule has 4 aromatic carbocycles. The quantitative estimate of drug-likeness (QED) is 0.283. The van der Waals surface area contributed by atoms with E-state index in [0.29, 0.717) is 47.2 Å². The molecule has 1 atom stereocenters. The van der Waals surface area contributed by atoms with Crippen LogP contribution in [0.4, 0.5) is 4.39 Å². The van der Waals surface area contributed by atoms with Gasteiger partial charge in [0.25, 0.3) is 0 Å². The first-order chi connectivity index (χ1) is 18.8. The number of amides is 1. The van der Waals surface area contributed by atoms with E-state index in [9.17, 15) is 9.18 Å². The molecule has 1 unspecified atom stereocenters. The highest BCUT2D eigenvalue weighted by atomic mass is 19.1. The molecule has 4 aromatic rings. The van der Waals surface area contributed by atoms with E-state index in [1.54, 1.807) is 19.1 Å². The second-order valence-corrected chi connectivity index (χ2v) is 9.57. The van der Waals surface area contributed by atoms with Gasteiger partial charge in [0.05, 0.1) is 5.56 Å². The molecule has 1 aliphatic heterocycles. The van der Waals surface area contributed by atoms with Gasteiger partial charge in [0.15, 0.2) is 11.3 Å². The fourth-order valence-electron chi connectivity index (χ4n) is 4.47. The summed E-state index contributed by atoms with van der Waals surface area (Å²) in [4.78, 5) is 18.6. The van der Waals surface area contributed by atoms with Crippen LogP contribution in [0, 0.1) is 12.7 Å². The first-order valence-corrected chi connectivity index (χ1v) is 12.6. The van der Waals surface area contributed by atoms with Crippen LogP contribution in [0.25, 0.3) is 11.3 Å². The average Bonchev–Trinajstić information content (AvgIpc) is 3.31. The second kappa shape index (κ2) is 11.0. The zero-order valence-corrected chi connectivity index (χ0v) is 21.7. The van der Waals surface area contributed by atoms with Crippen LogP contribution in [-0.4, -0.2) is 11.4 Å². The SMILES string of the molecule is Cc1cc(C2=C(c3ccc(F)cc3)C(C)(C(N)=O)NO2)c(OCc2ccccc2)cc1OCc1ccccc1. The summed E-state index contributed by atoms with van der Waals surface area (Å²) in [5.74, 6) is 0.485. The number of nitrogens with two attached hydrogens (primary N) is 1. The van der Waals surface area contributed by atoms with Crippen LogP contribution < -0.4 is 20.7 Å². The fraction of sp³-hybridized carbons (Fsp3) is 0.156. The van der Waals surface area contributed by atoms with Crippen LogP contribution in [-0.2, 0) is 22.8 Å². The van der Waals surface area contributed by atoms with Crippen LogP contribution >= 0.6 is 0 Å². The monoisotopic (exact) mass is 524 g/mol. The lowest BCUT2D eigenvalue weighted by molar-refractivity contribution is -0.123. The van der Waals surface area contributed by atoms with Gasteiger partial charge in [0.2, 0.25) is 5.91 Å². The molecule has 7 heteroatoms. The minimum atomic E-state index is -1.36. The molecule has 6 nitrogen and oxygen atoms in total. The van der Waals surface area contributed by atoms with Crippen LogP contribution in [0.2, 0.25) is 0 Å². The Labute approximate surface area is 226 Å². The van der Waals surface area contributed by atoms with Gasteiger partial charge in [-0.3, -0.25) is 4.79 Å². The average molecular weight is 525 g/mol. The Balaban J connectivity index is 1.61. The number of hydroxylamine groups is 1. The lowest BCUT2D eigenvalue weighted by Crippen LogP contribution is -2.50. The van der Waals surface area contributed by atoms with Crippen LogP contribution in [0.1, 0.15) is 34.7 Å². The molecule has 198 valence electrons. The molecule has 0 radical (unpaired) electrons. The van der Waals surface area contributed by atoms with Gasteiger partial charge in [0, 0.05) is 11.6 Å². The summed E-state index contributed by atoms with van der Waals surface area (Å²) >= 11 is 0. The minimum Gasteiger partial charge on any atom is -0.488 e. The maximum absolute atomic E-state index is 13.8. The molecular formula is C32H29FN2O4. The molecule has 5 rings (SSSR count). The lowest BCUT2D eigenvalue weighted by Gasteiger charge is -2.22. The molecule has 1 aliphatic rings. The van der Waals surface area contributed by atoms with E-state index in [2.05, 4.69) is 5.48 Å². The van der Waals surface area contributed by atoms with Gasteiger partial charge in [-0.05, 0) is 54.3 Å². The number of hydrogen-bond acceptors (Lipinski definition) is 5. The summed E-state index contributed by atoms with van der Waals surface area (Å²) in [6, 6.07) is 29.2. The first kappa shape index (κ1) is 26.0. The Kier molecular flexibility index (Phi) is 7.34. The normalized spacial score (nSPS) is 16.6. The molecule has 0 saturated heterocycles. The van der Waals surface area contributed by atoms with E-state index < -0.39 is 17.3 Å². The molecule has 0 fully saturated rings. The van der Waals surface area contributed by atoms with Gasteiger partial charge in [-0.1, -0.05) is 72.8 Å². The number of aryl methyl sites for hydroxylation is 1. The number of halogens is 1. The number of benzene rings is 4. The Morgan fingerprint density at radius 3 is 2.00 bits per heavy atom. The Morgan fingerprint density at radius 2 is 1.44 bits per heavy atom. The summed E-state index contributed by atoms with van der Waals surface area (Å²) in [6.07, 6.45) is 0. The van der Waals surface area contributed by atoms with Crippen LogP contribution in [0.3, 0.4) is 0 Å². The van der Waals surface area contributed by atoms with Gasteiger partial charge in [-0.25, -0.2) is 4.39 Å². The number of hydrogen-bond donors (Lipinski definition) is 2. The summed E-state index contributed by atoms with van der Waals surface area (Å²) in [7, 11) is 0. The predicted molar refractivity (Wildman–Crippen MR) is 148 cm³/mol. The molecule has 0 spiro atoms. The van der Waals surface area contributed by atoms with Gasteiger partial charge >= 0.3 is 0 Å². The molecule has 0 bridgehead atoms. The van der Waals surface area contributed by atoms with Crippen molar-refractivity contribution in [1.82, 2.24) is 5.48 Å². The maximum atomic E-state index is 13.8. The number of nitrogens with one attached hydrogen (secondary N) is 1.